The molecule has 160 valence electrons. The maximum Gasteiger partial charge on any atom is 0.227 e. The number of benzene rings is 1. The Kier molecular flexibility index (Phi) is 12.2. The number of hydrogen-bond acceptors (Lipinski definition) is 7. The van der Waals surface area contributed by atoms with Crippen LogP contribution in [0.15, 0.2) is 12.1 Å². The van der Waals surface area contributed by atoms with Gasteiger partial charge in [0, 0.05) is 25.3 Å². The second-order valence-electron chi connectivity index (χ2n) is 6.26. The Morgan fingerprint density at radius 3 is 2.43 bits per heavy atom. The van der Waals surface area contributed by atoms with Gasteiger partial charge in [-0.2, -0.15) is 0 Å². The number of aryl methyl sites for hydroxylation is 1. The highest BCUT2D eigenvalue weighted by atomic mass is 16.5. The molecule has 0 spiro atoms. The number of methoxy groups -OCH3 is 2. The summed E-state index contributed by atoms with van der Waals surface area (Å²) in [6.07, 6.45) is 2.14. The van der Waals surface area contributed by atoms with E-state index in [0.29, 0.717) is 37.8 Å². The molecule has 0 bridgehead atoms. The van der Waals surface area contributed by atoms with Crippen molar-refractivity contribution in [1.29, 1.82) is 0 Å². The van der Waals surface area contributed by atoms with Gasteiger partial charge in [-0.3, -0.25) is 10.1 Å². The van der Waals surface area contributed by atoms with Crippen LogP contribution < -0.4 is 20.1 Å². The number of carbonyl (C=O) groups excluding carboxylic acids is 1. The first-order valence-electron chi connectivity index (χ1n) is 9.65. The van der Waals surface area contributed by atoms with Gasteiger partial charge in [-0.1, -0.05) is 6.92 Å². The standard InChI is InChI=1S/C20H34N2O6/c1-4-16(20(25)22-8-10-24)17-13-18(26-2)15(12-19(17)27-3)6-5-11-28-14-21-7-9-23/h12-13,16,21,23-24H,4-11,14H2,1-3H3,(H,22,25). The molecule has 1 rings (SSSR count). The Bertz CT molecular complexity index is 582. The third-order valence-electron chi connectivity index (χ3n) is 4.37. The summed E-state index contributed by atoms with van der Waals surface area (Å²) in [7, 11) is 3.20. The van der Waals surface area contributed by atoms with E-state index in [1.54, 1.807) is 14.2 Å². The van der Waals surface area contributed by atoms with E-state index in [1.807, 2.05) is 19.1 Å². The van der Waals surface area contributed by atoms with E-state index in [1.165, 1.54) is 0 Å². The van der Waals surface area contributed by atoms with E-state index in [4.69, 9.17) is 24.4 Å². The van der Waals surface area contributed by atoms with Gasteiger partial charge in [0.05, 0.1) is 40.1 Å². The summed E-state index contributed by atoms with van der Waals surface area (Å²) in [6, 6.07) is 3.78. The third-order valence-corrected chi connectivity index (χ3v) is 4.37. The van der Waals surface area contributed by atoms with Gasteiger partial charge in [-0.05, 0) is 37.0 Å². The number of rotatable bonds is 15. The SMILES string of the molecule is CCC(C(=O)NCCO)c1cc(OC)c(CCCOCNCCO)cc1OC. The molecular weight excluding hydrogens is 364 g/mol. The summed E-state index contributed by atoms with van der Waals surface area (Å²) in [5, 5.41) is 23.3. The zero-order valence-corrected chi connectivity index (χ0v) is 17.1. The zero-order chi connectivity index (χ0) is 20.8. The van der Waals surface area contributed by atoms with Gasteiger partial charge < -0.3 is 29.7 Å². The number of carbonyl (C=O) groups is 1. The molecule has 4 N–H and O–H groups in total. The largest absolute Gasteiger partial charge is 0.496 e. The van der Waals surface area contributed by atoms with E-state index in [0.717, 1.165) is 24.0 Å². The van der Waals surface area contributed by atoms with Crippen molar-refractivity contribution in [2.24, 2.45) is 0 Å². The van der Waals surface area contributed by atoms with E-state index in [9.17, 15) is 4.79 Å². The van der Waals surface area contributed by atoms with Crippen LogP contribution in [0.4, 0.5) is 0 Å². The van der Waals surface area contributed by atoms with Crippen molar-refractivity contribution in [3.8, 4) is 11.5 Å². The fourth-order valence-corrected chi connectivity index (χ4v) is 2.96. The topological polar surface area (TPSA) is 109 Å². The maximum absolute atomic E-state index is 12.4. The van der Waals surface area contributed by atoms with Crippen LogP contribution in [0.2, 0.25) is 0 Å². The summed E-state index contributed by atoms with van der Waals surface area (Å²) in [5.74, 6) is 0.828. The number of aliphatic hydroxyl groups is 2. The summed E-state index contributed by atoms with van der Waals surface area (Å²) < 4.78 is 16.6. The lowest BCUT2D eigenvalue weighted by atomic mass is 9.92. The monoisotopic (exact) mass is 398 g/mol. The first-order chi connectivity index (χ1) is 13.6. The van der Waals surface area contributed by atoms with Crippen molar-refractivity contribution in [3.63, 3.8) is 0 Å². The summed E-state index contributed by atoms with van der Waals surface area (Å²) in [4.78, 5) is 12.4. The lowest BCUT2D eigenvalue weighted by molar-refractivity contribution is -0.122. The highest BCUT2D eigenvalue weighted by molar-refractivity contribution is 5.84. The summed E-state index contributed by atoms with van der Waals surface area (Å²) >= 11 is 0. The number of aliphatic hydroxyl groups excluding tert-OH is 2. The van der Waals surface area contributed by atoms with Crippen LogP contribution in [-0.2, 0) is 16.0 Å². The predicted molar refractivity (Wildman–Crippen MR) is 107 cm³/mol. The van der Waals surface area contributed by atoms with Crippen molar-refractivity contribution < 1.29 is 29.2 Å². The van der Waals surface area contributed by atoms with E-state index in [-0.39, 0.29) is 31.6 Å². The van der Waals surface area contributed by atoms with Gasteiger partial charge in [0.1, 0.15) is 11.5 Å². The van der Waals surface area contributed by atoms with Crippen LogP contribution in [0, 0.1) is 0 Å². The fourth-order valence-electron chi connectivity index (χ4n) is 2.96. The second kappa shape index (κ2) is 14.2. The average Bonchev–Trinajstić information content (AvgIpc) is 2.72. The molecule has 1 atom stereocenters. The van der Waals surface area contributed by atoms with E-state index in [2.05, 4.69) is 10.6 Å². The van der Waals surface area contributed by atoms with Crippen LogP contribution in [0.5, 0.6) is 11.5 Å². The highest BCUT2D eigenvalue weighted by Crippen LogP contribution is 2.36. The molecule has 0 aliphatic carbocycles. The first kappa shape index (κ1) is 24.2. The van der Waals surface area contributed by atoms with E-state index >= 15 is 0 Å². The van der Waals surface area contributed by atoms with Crippen molar-refractivity contribution in [2.75, 3.05) is 53.9 Å². The molecule has 8 nitrogen and oxygen atoms in total. The molecule has 0 radical (unpaired) electrons. The smallest absolute Gasteiger partial charge is 0.227 e. The van der Waals surface area contributed by atoms with Crippen LogP contribution in [0.1, 0.15) is 36.8 Å². The zero-order valence-electron chi connectivity index (χ0n) is 17.1. The number of ether oxygens (including phenoxy) is 3. The second-order valence-corrected chi connectivity index (χ2v) is 6.26. The minimum Gasteiger partial charge on any atom is -0.496 e. The molecular formula is C20H34N2O6. The first-order valence-corrected chi connectivity index (χ1v) is 9.65. The molecule has 8 heteroatoms. The lowest BCUT2D eigenvalue weighted by Gasteiger charge is -2.21. The summed E-state index contributed by atoms with van der Waals surface area (Å²) in [6.45, 7) is 3.64. The molecule has 1 amide bonds. The van der Waals surface area contributed by atoms with Crippen LogP contribution in [-0.4, -0.2) is 70.0 Å². The Hall–Kier alpha value is -1.87. The normalized spacial score (nSPS) is 11.9. The summed E-state index contributed by atoms with van der Waals surface area (Å²) in [5.41, 5.74) is 1.76. The molecule has 0 heterocycles. The number of hydrogen-bond donors (Lipinski definition) is 4. The lowest BCUT2D eigenvalue weighted by Crippen LogP contribution is -2.31. The van der Waals surface area contributed by atoms with Crippen molar-refractivity contribution in [3.05, 3.63) is 23.3 Å². The molecule has 0 fully saturated rings. The van der Waals surface area contributed by atoms with Crippen LogP contribution >= 0.6 is 0 Å². The molecule has 0 aliphatic heterocycles. The minimum atomic E-state index is -0.384. The van der Waals surface area contributed by atoms with Gasteiger partial charge in [0.15, 0.2) is 0 Å². The van der Waals surface area contributed by atoms with Crippen LogP contribution in [0.3, 0.4) is 0 Å². The third kappa shape index (κ3) is 7.63. The number of nitrogens with one attached hydrogen (secondary N) is 2. The van der Waals surface area contributed by atoms with Crippen LogP contribution in [0.25, 0.3) is 0 Å². The Morgan fingerprint density at radius 2 is 1.82 bits per heavy atom. The molecule has 1 aromatic rings. The van der Waals surface area contributed by atoms with Gasteiger partial charge >= 0.3 is 0 Å². The maximum atomic E-state index is 12.4. The van der Waals surface area contributed by atoms with Gasteiger partial charge in [-0.25, -0.2) is 0 Å². The van der Waals surface area contributed by atoms with Crippen molar-refractivity contribution in [1.82, 2.24) is 10.6 Å². The molecule has 0 saturated carbocycles. The molecule has 1 aromatic carbocycles. The van der Waals surface area contributed by atoms with E-state index < -0.39 is 0 Å². The fraction of sp³-hybridized carbons (Fsp3) is 0.650. The van der Waals surface area contributed by atoms with Crippen molar-refractivity contribution >= 4 is 5.91 Å². The molecule has 1 unspecified atom stereocenters. The molecule has 0 aliphatic rings. The molecule has 28 heavy (non-hydrogen) atoms. The van der Waals surface area contributed by atoms with Crippen molar-refractivity contribution in [2.45, 2.75) is 32.1 Å². The Labute approximate surface area is 167 Å². The Morgan fingerprint density at radius 1 is 1.11 bits per heavy atom. The number of amides is 1. The van der Waals surface area contributed by atoms with Gasteiger partial charge in [0.2, 0.25) is 5.91 Å². The molecule has 0 saturated heterocycles. The predicted octanol–water partition coefficient (Wildman–Crippen LogP) is 0.795. The van der Waals surface area contributed by atoms with Gasteiger partial charge in [-0.15, -0.1) is 0 Å². The van der Waals surface area contributed by atoms with Gasteiger partial charge in [0.25, 0.3) is 0 Å². The average molecular weight is 399 g/mol. The quantitative estimate of drug-likeness (QED) is 0.255. The highest BCUT2D eigenvalue weighted by Gasteiger charge is 2.24. The minimum absolute atomic E-state index is 0.0868. The molecule has 0 aromatic heterocycles. The Balaban J connectivity index is 2.85.